The zero-order valence-corrected chi connectivity index (χ0v) is 12.7. The molecule has 1 aromatic rings. The molecule has 112 valence electrons. The van der Waals surface area contributed by atoms with E-state index in [2.05, 4.69) is 11.4 Å². The molecule has 1 heterocycles. The summed E-state index contributed by atoms with van der Waals surface area (Å²) in [5.74, 6) is 1.55. The zero-order valence-electron chi connectivity index (χ0n) is 12.7. The van der Waals surface area contributed by atoms with Crippen LogP contribution in [0.15, 0.2) is 12.1 Å². The molecule has 0 saturated carbocycles. The summed E-state index contributed by atoms with van der Waals surface area (Å²) in [7, 11) is 5.06. The number of rotatable bonds is 6. The maximum atomic E-state index is 5.41. The predicted octanol–water partition coefficient (Wildman–Crippen LogP) is 2.53. The Hall–Kier alpha value is -1.26. The Bertz CT molecular complexity index is 428. The Morgan fingerprint density at radius 3 is 2.30 bits per heavy atom. The van der Waals surface area contributed by atoms with E-state index in [1.807, 2.05) is 6.07 Å². The van der Waals surface area contributed by atoms with Crippen molar-refractivity contribution >= 4 is 0 Å². The van der Waals surface area contributed by atoms with Crippen molar-refractivity contribution in [1.82, 2.24) is 5.32 Å². The molecule has 1 N–H and O–H groups in total. The van der Waals surface area contributed by atoms with Crippen LogP contribution in [-0.4, -0.2) is 33.9 Å². The molecule has 1 aromatic carbocycles. The first-order chi connectivity index (χ1) is 9.78. The van der Waals surface area contributed by atoms with Gasteiger partial charge in [-0.05, 0) is 49.1 Å². The molecule has 1 aliphatic heterocycles. The van der Waals surface area contributed by atoms with Gasteiger partial charge in [-0.3, -0.25) is 0 Å². The van der Waals surface area contributed by atoms with Gasteiger partial charge in [-0.1, -0.05) is 6.42 Å². The maximum absolute atomic E-state index is 5.41. The van der Waals surface area contributed by atoms with Gasteiger partial charge in [0.25, 0.3) is 0 Å². The van der Waals surface area contributed by atoms with Gasteiger partial charge in [0.1, 0.15) is 0 Å². The predicted molar refractivity (Wildman–Crippen MR) is 79.6 cm³/mol. The van der Waals surface area contributed by atoms with Crippen molar-refractivity contribution in [2.45, 2.75) is 38.3 Å². The molecule has 4 nitrogen and oxygen atoms in total. The van der Waals surface area contributed by atoms with Gasteiger partial charge in [-0.2, -0.15) is 0 Å². The normalized spacial score (nSPS) is 18.9. The van der Waals surface area contributed by atoms with Crippen LogP contribution in [0.5, 0.6) is 11.5 Å². The second-order valence-electron chi connectivity index (χ2n) is 5.26. The molecule has 0 bridgehead atoms. The first kappa shape index (κ1) is 15.1. The zero-order chi connectivity index (χ0) is 14.4. The van der Waals surface area contributed by atoms with Gasteiger partial charge >= 0.3 is 0 Å². The van der Waals surface area contributed by atoms with Crippen molar-refractivity contribution in [3.63, 3.8) is 0 Å². The molecular formula is C16H25NO3. The Morgan fingerprint density at radius 2 is 1.75 bits per heavy atom. The van der Waals surface area contributed by atoms with Crippen molar-refractivity contribution in [3.05, 3.63) is 23.3 Å². The Labute approximate surface area is 121 Å². The molecule has 0 spiro atoms. The fourth-order valence-electron chi connectivity index (χ4n) is 2.81. The van der Waals surface area contributed by atoms with Crippen molar-refractivity contribution < 1.29 is 14.2 Å². The lowest BCUT2D eigenvalue weighted by Gasteiger charge is -2.25. The highest BCUT2D eigenvalue weighted by molar-refractivity contribution is 5.47. The number of hydrogen-bond acceptors (Lipinski definition) is 4. The average molecular weight is 279 g/mol. The molecule has 0 amide bonds. The van der Waals surface area contributed by atoms with Gasteiger partial charge < -0.3 is 19.5 Å². The SMILES string of the molecule is COCc1cc(OC)c(OC)cc1CC1CCCCN1. The molecule has 1 unspecified atom stereocenters. The molecule has 0 aromatic heterocycles. The van der Waals surface area contributed by atoms with E-state index in [-0.39, 0.29) is 0 Å². The Kier molecular flexibility index (Phi) is 5.68. The van der Waals surface area contributed by atoms with Gasteiger partial charge in [-0.25, -0.2) is 0 Å². The van der Waals surface area contributed by atoms with E-state index in [0.29, 0.717) is 12.6 Å². The molecule has 20 heavy (non-hydrogen) atoms. The molecule has 1 saturated heterocycles. The number of benzene rings is 1. The van der Waals surface area contributed by atoms with Crippen LogP contribution in [0.25, 0.3) is 0 Å². The van der Waals surface area contributed by atoms with E-state index >= 15 is 0 Å². The maximum Gasteiger partial charge on any atom is 0.161 e. The van der Waals surface area contributed by atoms with Crippen LogP contribution in [0.3, 0.4) is 0 Å². The van der Waals surface area contributed by atoms with Crippen LogP contribution in [-0.2, 0) is 17.8 Å². The first-order valence-corrected chi connectivity index (χ1v) is 7.24. The van der Waals surface area contributed by atoms with Crippen LogP contribution >= 0.6 is 0 Å². The quantitative estimate of drug-likeness (QED) is 0.868. The number of hydrogen-bond donors (Lipinski definition) is 1. The van der Waals surface area contributed by atoms with Crippen molar-refractivity contribution in [2.24, 2.45) is 0 Å². The minimum absolute atomic E-state index is 0.553. The van der Waals surface area contributed by atoms with Crippen molar-refractivity contribution in [2.75, 3.05) is 27.9 Å². The highest BCUT2D eigenvalue weighted by Crippen LogP contribution is 2.32. The van der Waals surface area contributed by atoms with Crippen LogP contribution in [0.4, 0.5) is 0 Å². The summed E-state index contributed by atoms with van der Waals surface area (Å²) in [5.41, 5.74) is 2.46. The molecule has 1 fully saturated rings. The number of methoxy groups -OCH3 is 3. The van der Waals surface area contributed by atoms with Gasteiger partial charge in [0.2, 0.25) is 0 Å². The molecule has 0 radical (unpaired) electrons. The van der Waals surface area contributed by atoms with Crippen LogP contribution in [0.1, 0.15) is 30.4 Å². The Morgan fingerprint density at radius 1 is 1.05 bits per heavy atom. The first-order valence-electron chi connectivity index (χ1n) is 7.24. The van der Waals surface area contributed by atoms with Crippen LogP contribution < -0.4 is 14.8 Å². The van der Waals surface area contributed by atoms with Crippen LogP contribution in [0, 0.1) is 0 Å². The third-order valence-corrected chi connectivity index (χ3v) is 3.88. The standard InChI is InChI=1S/C16H25NO3/c1-18-11-13-10-16(20-3)15(19-2)9-12(13)8-14-6-4-5-7-17-14/h9-10,14,17H,4-8,11H2,1-3H3. The summed E-state index contributed by atoms with van der Waals surface area (Å²) in [6.45, 7) is 1.72. The second-order valence-corrected chi connectivity index (χ2v) is 5.26. The largest absolute Gasteiger partial charge is 0.493 e. The third-order valence-electron chi connectivity index (χ3n) is 3.88. The summed E-state index contributed by atoms with van der Waals surface area (Å²) in [5, 5.41) is 3.59. The number of piperidine rings is 1. The highest BCUT2D eigenvalue weighted by atomic mass is 16.5. The lowest BCUT2D eigenvalue weighted by Crippen LogP contribution is -2.35. The molecule has 4 heteroatoms. The average Bonchev–Trinajstić information content (AvgIpc) is 2.49. The van der Waals surface area contributed by atoms with E-state index < -0.39 is 0 Å². The van der Waals surface area contributed by atoms with Gasteiger partial charge in [0.05, 0.1) is 20.8 Å². The van der Waals surface area contributed by atoms with Crippen LogP contribution in [0.2, 0.25) is 0 Å². The van der Waals surface area contributed by atoms with Gasteiger partial charge in [0, 0.05) is 13.2 Å². The van der Waals surface area contributed by atoms with Gasteiger partial charge in [-0.15, -0.1) is 0 Å². The minimum atomic E-state index is 0.553. The molecule has 1 atom stereocenters. The minimum Gasteiger partial charge on any atom is -0.493 e. The summed E-state index contributed by atoms with van der Waals surface area (Å²) in [6, 6.07) is 4.67. The van der Waals surface area contributed by atoms with E-state index in [4.69, 9.17) is 14.2 Å². The topological polar surface area (TPSA) is 39.7 Å². The van der Waals surface area contributed by atoms with E-state index in [1.165, 1.54) is 30.4 Å². The summed E-state index contributed by atoms with van der Waals surface area (Å²) in [4.78, 5) is 0. The molecule has 2 rings (SSSR count). The lowest BCUT2D eigenvalue weighted by atomic mass is 9.94. The van der Waals surface area contributed by atoms with E-state index in [1.54, 1.807) is 21.3 Å². The summed E-state index contributed by atoms with van der Waals surface area (Å²) < 4.78 is 16.1. The monoisotopic (exact) mass is 279 g/mol. The smallest absolute Gasteiger partial charge is 0.161 e. The molecule has 0 aliphatic carbocycles. The van der Waals surface area contributed by atoms with E-state index in [9.17, 15) is 0 Å². The fourth-order valence-corrected chi connectivity index (χ4v) is 2.81. The summed E-state index contributed by atoms with van der Waals surface area (Å²) in [6.07, 6.45) is 4.84. The summed E-state index contributed by atoms with van der Waals surface area (Å²) >= 11 is 0. The fraction of sp³-hybridized carbons (Fsp3) is 0.625. The van der Waals surface area contributed by atoms with Gasteiger partial charge in [0.15, 0.2) is 11.5 Å². The Balaban J connectivity index is 2.23. The second kappa shape index (κ2) is 7.50. The number of nitrogens with one attached hydrogen (secondary N) is 1. The van der Waals surface area contributed by atoms with Crippen molar-refractivity contribution in [1.29, 1.82) is 0 Å². The number of ether oxygens (including phenoxy) is 3. The molecule has 1 aliphatic rings. The highest BCUT2D eigenvalue weighted by Gasteiger charge is 2.17. The van der Waals surface area contributed by atoms with E-state index in [0.717, 1.165) is 24.5 Å². The third kappa shape index (κ3) is 3.64. The van der Waals surface area contributed by atoms with Crippen molar-refractivity contribution in [3.8, 4) is 11.5 Å². The lowest BCUT2D eigenvalue weighted by molar-refractivity contribution is 0.183. The molecular weight excluding hydrogens is 254 g/mol.